The van der Waals surface area contributed by atoms with Gasteiger partial charge in [-0.05, 0) is 50.1 Å². The molecule has 6 heteroatoms. The number of allylic oxidation sites excluding steroid dienone is 2. The second kappa shape index (κ2) is 9.55. The lowest BCUT2D eigenvalue weighted by Gasteiger charge is -2.55. The molecule has 0 saturated carbocycles. The van der Waals surface area contributed by atoms with E-state index in [-0.39, 0.29) is 36.4 Å². The highest BCUT2D eigenvalue weighted by Gasteiger charge is 2.50. The fraction of sp³-hybridized carbons (Fsp3) is 0.565. The average Bonchev–Trinajstić information content (AvgIpc) is 3.22. The molecule has 2 aliphatic rings. The van der Waals surface area contributed by atoms with E-state index in [0.717, 1.165) is 18.4 Å². The zero-order valence-electron chi connectivity index (χ0n) is 17.7. The molecule has 158 valence electrons. The number of aliphatic hydroxyl groups excluding tert-OH is 1. The first-order valence-electron chi connectivity index (χ1n) is 10.6. The van der Waals surface area contributed by atoms with Crippen molar-refractivity contribution in [1.29, 1.82) is 0 Å². The maximum Gasteiger partial charge on any atom is 0.234 e. The number of rotatable bonds is 8. The summed E-state index contributed by atoms with van der Waals surface area (Å²) in [5.41, 5.74) is 3.76. The van der Waals surface area contributed by atoms with Gasteiger partial charge >= 0.3 is 0 Å². The molecule has 2 amide bonds. The lowest BCUT2D eigenvalue weighted by atomic mass is 9.74. The van der Waals surface area contributed by atoms with Gasteiger partial charge in [-0.15, -0.1) is 0 Å². The van der Waals surface area contributed by atoms with E-state index in [1.807, 2.05) is 25.9 Å². The van der Waals surface area contributed by atoms with Crippen molar-refractivity contribution in [1.82, 2.24) is 15.1 Å². The van der Waals surface area contributed by atoms with Crippen molar-refractivity contribution in [2.24, 2.45) is 0 Å². The topological polar surface area (TPSA) is 72.9 Å². The van der Waals surface area contributed by atoms with Crippen LogP contribution in [0.4, 0.5) is 0 Å². The van der Waals surface area contributed by atoms with Crippen LogP contribution < -0.4 is 5.32 Å². The fourth-order valence-corrected chi connectivity index (χ4v) is 4.58. The normalized spacial score (nSPS) is 23.7. The minimum atomic E-state index is -0.241. The molecule has 0 bridgehead atoms. The van der Waals surface area contributed by atoms with Crippen LogP contribution in [-0.4, -0.2) is 72.6 Å². The van der Waals surface area contributed by atoms with E-state index in [0.29, 0.717) is 19.5 Å². The first-order valence-corrected chi connectivity index (χ1v) is 10.6. The average molecular weight is 400 g/mol. The molecule has 0 radical (unpaired) electrons. The molecule has 0 spiro atoms. The maximum absolute atomic E-state index is 12.5. The zero-order valence-corrected chi connectivity index (χ0v) is 17.7. The molecule has 1 aliphatic heterocycles. The zero-order chi connectivity index (χ0) is 21.0. The van der Waals surface area contributed by atoms with Crippen LogP contribution in [0, 0.1) is 0 Å². The summed E-state index contributed by atoms with van der Waals surface area (Å²) < 4.78 is 0. The van der Waals surface area contributed by atoms with Crippen molar-refractivity contribution in [2.45, 2.75) is 50.6 Å². The largest absolute Gasteiger partial charge is 0.394 e. The molecular formula is C23H33N3O3. The van der Waals surface area contributed by atoms with Gasteiger partial charge in [0.05, 0.1) is 25.2 Å². The van der Waals surface area contributed by atoms with Crippen molar-refractivity contribution in [3.05, 3.63) is 41.5 Å². The Morgan fingerprint density at radius 2 is 1.93 bits per heavy atom. The van der Waals surface area contributed by atoms with Crippen LogP contribution in [-0.2, 0) is 9.59 Å². The van der Waals surface area contributed by atoms with Crippen molar-refractivity contribution in [3.8, 4) is 0 Å². The smallest absolute Gasteiger partial charge is 0.234 e. The molecular weight excluding hydrogens is 366 g/mol. The first-order chi connectivity index (χ1) is 14.0. The van der Waals surface area contributed by atoms with Gasteiger partial charge in [-0.2, -0.15) is 0 Å². The van der Waals surface area contributed by atoms with Gasteiger partial charge in [0.2, 0.25) is 11.8 Å². The van der Waals surface area contributed by atoms with Crippen LogP contribution in [0.3, 0.4) is 0 Å². The molecule has 1 aliphatic carbocycles. The van der Waals surface area contributed by atoms with Gasteiger partial charge in [-0.1, -0.05) is 37.3 Å². The summed E-state index contributed by atoms with van der Waals surface area (Å²) in [6, 6.07) is 8.14. The highest BCUT2D eigenvalue weighted by Crippen LogP contribution is 2.41. The van der Waals surface area contributed by atoms with Gasteiger partial charge in [0.25, 0.3) is 0 Å². The Balaban J connectivity index is 1.77. The summed E-state index contributed by atoms with van der Waals surface area (Å²) in [5.74, 6) is -0.0322. The third-order valence-corrected chi connectivity index (χ3v) is 6.00. The maximum atomic E-state index is 12.5. The molecule has 3 atom stereocenters. The number of carbonyl (C=O) groups is 2. The van der Waals surface area contributed by atoms with Crippen LogP contribution >= 0.6 is 0 Å². The number of hydrogen-bond donors (Lipinski definition) is 2. The molecule has 1 heterocycles. The van der Waals surface area contributed by atoms with Gasteiger partial charge in [-0.25, -0.2) is 0 Å². The molecule has 0 aromatic heterocycles. The third-order valence-electron chi connectivity index (χ3n) is 6.00. The van der Waals surface area contributed by atoms with Crippen LogP contribution in [0.1, 0.15) is 49.7 Å². The lowest BCUT2D eigenvalue weighted by Crippen LogP contribution is -2.68. The number of nitrogens with one attached hydrogen (secondary N) is 1. The second-order valence-corrected chi connectivity index (χ2v) is 8.28. The van der Waals surface area contributed by atoms with E-state index >= 15 is 0 Å². The first kappa shape index (κ1) is 21.5. The number of carbonyl (C=O) groups excluding carboxylic acids is 2. The van der Waals surface area contributed by atoms with E-state index in [1.165, 1.54) is 17.6 Å². The molecule has 1 fully saturated rings. The predicted octanol–water partition coefficient (Wildman–Crippen LogP) is 2.00. The Morgan fingerprint density at radius 1 is 1.21 bits per heavy atom. The summed E-state index contributed by atoms with van der Waals surface area (Å²) in [7, 11) is 3.70. The quantitative estimate of drug-likeness (QED) is 0.701. The molecule has 1 saturated heterocycles. The van der Waals surface area contributed by atoms with Gasteiger partial charge < -0.3 is 20.2 Å². The number of nitrogens with zero attached hydrogens (tertiary/aromatic N) is 2. The molecule has 6 nitrogen and oxygen atoms in total. The minimum absolute atomic E-state index is 0.0138. The predicted molar refractivity (Wildman–Crippen MR) is 114 cm³/mol. The molecule has 2 N–H and O–H groups in total. The molecule has 1 aromatic rings. The van der Waals surface area contributed by atoms with E-state index in [4.69, 9.17) is 0 Å². The Bertz CT molecular complexity index is 757. The van der Waals surface area contributed by atoms with Gasteiger partial charge in [0, 0.05) is 18.9 Å². The summed E-state index contributed by atoms with van der Waals surface area (Å²) in [6.45, 7) is 2.46. The SMILES string of the molecule is CCC(=O)N1[C@H](CO)[C@H](c2ccc(C3=CCCC3)cc2)[C@@H]1CNC(=O)CN(C)C. The fourth-order valence-electron chi connectivity index (χ4n) is 4.58. The van der Waals surface area contributed by atoms with Gasteiger partial charge in [0.1, 0.15) is 0 Å². The monoisotopic (exact) mass is 399 g/mol. The summed E-state index contributed by atoms with van der Waals surface area (Å²) in [5, 5.41) is 12.9. The molecule has 0 unspecified atom stereocenters. The standard InChI is InChI=1S/C23H33N3O3/c1-4-22(29)26-19(13-24-21(28)14-25(2)3)23(20(26)15-27)18-11-9-17(10-12-18)16-7-5-6-8-16/h7,9-12,19-20,23,27H,4-6,8,13-15H2,1-3H3,(H,24,28)/t19-,20+,23+/m0/s1. The van der Waals surface area contributed by atoms with Crippen molar-refractivity contribution >= 4 is 17.4 Å². The third kappa shape index (κ3) is 4.70. The summed E-state index contributed by atoms with van der Waals surface area (Å²) in [4.78, 5) is 28.2. The van der Waals surface area contributed by atoms with Crippen LogP contribution in [0.15, 0.2) is 30.3 Å². The van der Waals surface area contributed by atoms with E-state index in [1.54, 1.807) is 4.90 Å². The second-order valence-electron chi connectivity index (χ2n) is 8.28. The number of benzene rings is 1. The highest BCUT2D eigenvalue weighted by atomic mass is 16.3. The van der Waals surface area contributed by atoms with E-state index in [9.17, 15) is 14.7 Å². The molecule has 3 rings (SSSR count). The minimum Gasteiger partial charge on any atom is -0.394 e. The summed E-state index contributed by atoms with van der Waals surface area (Å²) >= 11 is 0. The van der Waals surface area contributed by atoms with E-state index < -0.39 is 0 Å². The summed E-state index contributed by atoms with van der Waals surface area (Å²) in [6.07, 6.45) is 6.18. The number of likely N-dealkylation sites (tertiary alicyclic amines) is 1. The number of hydrogen-bond acceptors (Lipinski definition) is 4. The number of amides is 2. The Morgan fingerprint density at radius 3 is 2.48 bits per heavy atom. The Hall–Kier alpha value is -2.18. The Labute approximate surface area is 173 Å². The Kier molecular flexibility index (Phi) is 7.09. The highest BCUT2D eigenvalue weighted by molar-refractivity contribution is 5.80. The van der Waals surface area contributed by atoms with Crippen LogP contribution in [0.5, 0.6) is 0 Å². The van der Waals surface area contributed by atoms with Crippen LogP contribution in [0.2, 0.25) is 0 Å². The lowest BCUT2D eigenvalue weighted by molar-refractivity contribution is -0.150. The van der Waals surface area contributed by atoms with Gasteiger partial charge in [-0.3, -0.25) is 9.59 Å². The van der Waals surface area contributed by atoms with Gasteiger partial charge in [0.15, 0.2) is 0 Å². The van der Waals surface area contributed by atoms with Crippen molar-refractivity contribution < 1.29 is 14.7 Å². The molecule has 1 aromatic carbocycles. The number of aliphatic hydroxyl groups is 1. The number of likely N-dealkylation sites (N-methyl/N-ethyl adjacent to an activating group) is 1. The van der Waals surface area contributed by atoms with Crippen molar-refractivity contribution in [2.75, 3.05) is 33.8 Å². The van der Waals surface area contributed by atoms with E-state index in [2.05, 4.69) is 35.7 Å². The van der Waals surface area contributed by atoms with Crippen molar-refractivity contribution in [3.63, 3.8) is 0 Å². The van der Waals surface area contributed by atoms with Crippen LogP contribution in [0.25, 0.3) is 5.57 Å². The molecule has 29 heavy (non-hydrogen) atoms.